The summed E-state index contributed by atoms with van der Waals surface area (Å²) in [6.45, 7) is 2.24. The van der Waals surface area contributed by atoms with Crippen molar-refractivity contribution in [3.05, 3.63) is 77.8 Å². The predicted octanol–water partition coefficient (Wildman–Crippen LogP) is 2.94. The number of para-hydroxylation sites is 2. The van der Waals surface area contributed by atoms with Gasteiger partial charge in [0.25, 0.3) is 5.91 Å². The molecule has 0 saturated carbocycles. The number of aryl methyl sites for hydroxylation is 1. The van der Waals surface area contributed by atoms with E-state index >= 15 is 0 Å². The molecule has 152 valence electrons. The van der Waals surface area contributed by atoms with Gasteiger partial charge in [0, 0.05) is 24.6 Å². The third kappa shape index (κ3) is 4.38. The van der Waals surface area contributed by atoms with Crippen molar-refractivity contribution in [2.24, 2.45) is 0 Å². The Morgan fingerprint density at radius 2 is 1.83 bits per heavy atom. The summed E-state index contributed by atoms with van der Waals surface area (Å²) in [6, 6.07) is 18.3. The van der Waals surface area contributed by atoms with E-state index in [1.165, 1.54) is 0 Å². The molecule has 2 amide bonds. The van der Waals surface area contributed by atoms with Gasteiger partial charge in [0.2, 0.25) is 5.91 Å². The van der Waals surface area contributed by atoms with E-state index in [1.807, 2.05) is 47.0 Å². The van der Waals surface area contributed by atoms with Crippen molar-refractivity contribution in [2.45, 2.75) is 19.9 Å². The van der Waals surface area contributed by atoms with Crippen LogP contribution in [0.3, 0.4) is 0 Å². The summed E-state index contributed by atoms with van der Waals surface area (Å²) in [5, 5.41) is 9.41. The molecule has 8 nitrogen and oxygen atoms in total. The monoisotopic (exact) mass is 403 g/mol. The molecule has 2 aromatic carbocycles. The molecule has 0 aliphatic carbocycles. The van der Waals surface area contributed by atoms with Crippen LogP contribution in [-0.4, -0.2) is 33.1 Å². The second kappa shape index (κ2) is 8.60. The first-order chi connectivity index (χ1) is 14.6. The van der Waals surface area contributed by atoms with Crippen LogP contribution in [0.15, 0.2) is 65.2 Å². The first-order valence-electron chi connectivity index (χ1n) is 9.61. The van der Waals surface area contributed by atoms with Gasteiger partial charge in [0.1, 0.15) is 18.1 Å². The molecule has 0 saturated heterocycles. The molecule has 2 N–H and O–H groups in total. The second-order valence-electron chi connectivity index (χ2n) is 6.85. The highest BCUT2D eigenvalue weighted by molar-refractivity contribution is 5.94. The van der Waals surface area contributed by atoms with Crippen LogP contribution in [0, 0.1) is 6.92 Å². The average molecular weight is 403 g/mol. The van der Waals surface area contributed by atoms with E-state index in [-0.39, 0.29) is 18.4 Å². The number of nitrogens with one attached hydrogen (secondary N) is 2. The highest BCUT2D eigenvalue weighted by Crippen LogP contribution is 2.17. The number of aromatic nitrogens is 3. The number of benzene rings is 2. The normalized spacial score (nSPS) is 10.8. The molecule has 2 heterocycles. The zero-order valence-corrected chi connectivity index (χ0v) is 16.5. The summed E-state index contributed by atoms with van der Waals surface area (Å²) in [7, 11) is 0. The summed E-state index contributed by atoms with van der Waals surface area (Å²) in [5.41, 5.74) is 2.26. The fourth-order valence-corrected chi connectivity index (χ4v) is 3.22. The van der Waals surface area contributed by atoms with Gasteiger partial charge in [-0.15, -0.1) is 0 Å². The van der Waals surface area contributed by atoms with Crippen LogP contribution in [0.25, 0.3) is 11.0 Å². The van der Waals surface area contributed by atoms with Gasteiger partial charge in [-0.3, -0.25) is 9.59 Å². The van der Waals surface area contributed by atoms with Gasteiger partial charge in [-0.2, -0.15) is 0 Å². The lowest BCUT2D eigenvalue weighted by Gasteiger charge is -2.10. The third-order valence-electron chi connectivity index (χ3n) is 4.60. The van der Waals surface area contributed by atoms with E-state index in [1.54, 1.807) is 25.1 Å². The van der Waals surface area contributed by atoms with Gasteiger partial charge in [0.15, 0.2) is 5.82 Å². The van der Waals surface area contributed by atoms with E-state index < -0.39 is 0 Å². The van der Waals surface area contributed by atoms with Gasteiger partial charge in [-0.25, -0.2) is 4.98 Å². The van der Waals surface area contributed by atoms with Crippen LogP contribution >= 0.6 is 0 Å². The fraction of sp³-hybridized carbons (Fsp3) is 0.182. The SMILES string of the molecule is Cc1cc(NC(=O)Cn2c(CCNC(=O)c3ccccc3)nc3ccccc32)no1. The van der Waals surface area contributed by atoms with Crippen LogP contribution in [0.5, 0.6) is 0 Å². The maximum Gasteiger partial charge on any atom is 0.251 e. The largest absolute Gasteiger partial charge is 0.360 e. The number of imidazole rings is 1. The Morgan fingerprint density at radius 3 is 2.60 bits per heavy atom. The Hall–Kier alpha value is -3.94. The van der Waals surface area contributed by atoms with Crippen LogP contribution in [0.1, 0.15) is 21.9 Å². The van der Waals surface area contributed by atoms with Gasteiger partial charge >= 0.3 is 0 Å². The lowest BCUT2D eigenvalue weighted by molar-refractivity contribution is -0.116. The molecule has 2 aromatic heterocycles. The van der Waals surface area contributed by atoms with Gasteiger partial charge in [-0.1, -0.05) is 35.5 Å². The maximum atomic E-state index is 12.5. The minimum absolute atomic E-state index is 0.0778. The highest BCUT2D eigenvalue weighted by atomic mass is 16.5. The van der Waals surface area contributed by atoms with Gasteiger partial charge in [-0.05, 0) is 31.2 Å². The Labute approximate surface area is 172 Å². The standard InChI is InChI=1S/C22H21N5O3/c1-15-13-19(26-30-15)25-21(28)14-27-18-10-6-5-9-17(18)24-20(27)11-12-23-22(29)16-7-3-2-4-8-16/h2-10,13H,11-12,14H2,1H3,(H,23,29)(H,25,26,28). The lowest BCUT2D eigenvalue weighted by atomic mass is 10.2. The summed E-state index contributed by atoms with van der Waals surface area (Å²) in [4.78, 5) is 29.4. The maximum absolute atomic E-state index is 12.5. The Morgan fingerprint density at radius 1 is 1.07 bits per heavy atom. The average Bonchev–Trinajstić information content (AvgIpc) is 3.31. The molecule has 0 spiro atoms. The summed E-state index contributed by atoms with van der Waals surface area (Å²) in [5.74, 6) is 1.33. The molecule has 0 bridgehead atoms. The van der Waals surface area contributed by atoms with Crippen molar-refractivity contribution in [2.75, 3.05) is 11.9 Å². The van der Waals surface area contributed by atoms with Crippen molar-refractivity contribution < 1.29 is 14.1 Å². The zero-order valence-electron chi connectivity index (χ0n) is 16.5. The molecule has 0 atom stereocenters. The molecule has 0 fully saturated rings. The molecule has 4 rings (SSSR count). The molecule has 0 unspecified atom stereocenters. The number of fused-ring (bicyclic) bond motifs is 1. The van der Waals surface area contributed by atoms with Gasteiger partial charge in [0.05, 0.1) is 11.0 Å². The van der Waals surface area contributed by atoms with Crippen molar-refractivity contribution in [3.63, 3.8) is 0 Å². The first kappa shape index (κ1) is 19.4. The minimum Gasteiger partial charge on any atom is -0.360 e. The summed E-state index contributed by atoms with van der Waals surface area (Å²) >= 11 is 0. The predicted molar refractivity (Wildman–Crippen MR) is 112 cm³/mol. The zero-order chi connectivity index (χ0) is 20.9. The molecule has 8 heteroatoms. The molecule has 0 radical (unpaired) electrons. The van der Waals surface area contributed by atoms with Crippen LogP contribution < -0.4 is 10.6 Å². The molecule has 0 aliphatic heterocycles. The quantitative estimate of drug-likeness (QED) is 0.494. The number of hydrogen-bond acceptors (Lipinski definition) is 5. The van der Waals surface area contributed by atoms with Crippen LogP contribution in [0.4, 0.5) is 5.82 Å². The number of amides is 2. The van der Waals surface area contributed by atoms with E-state index in [9.17, 15) is 9.59 Å². The highest BCUT2D eigenvalue weighted by Gasteiger charge is 2.15. The Balaban J connectivity index is 1.47. The number of hydrogen-bond donors (Lipinski definition) is 2. The van der Waals surface area contributed by atoms with E-state index in [4.69, 9.17) is 4.52 Å². The Kier molecular flexibility index (Phi) is 5.56. The van der Waals surface area contributed by atoms with Crippen molar-refractivity contribution >= 4 is 28.7 Å². The summed E-state index contributed by atoms with van der Waals surface area (Å²) < 4.78 is 6.84. The molecule has 0 aliphatic rings. The molecule has 30 heavy (non-hydrogen) atoms. The number of carbonyl (C=O) groups is 2. The van der Waals surface area contributed by atoms with E-state index in [2.05, 4.69) is 20.8 Å². The van der Waals surface area contributed by atoms with Crippen LogP contribution in [-0.2, 0) is 17.8 Å². The lowest BCUT2D eigenvalue weighted by Crippen LogP contribution is -2.27. The molecule has 4 aromatic rings. The fourth-order valence-electron chi connectivity index (χ4n) is 3.22. The first-order valence-corrected chi connectivity index (χ1v) is 9.61. The van der Waals surface area contributed by atoms with Crippen molar-refractivity contribution in [1.29, 1.82) is 0 Å². The van der Waals surface area contributed by atoms with Crippen molar-refractivity contribution in [3.8, 4) is 0 Å². The topological polar surface area (TPSA) is 102 Å². The van der Waals surface area contributed by atoms with E-state index in [0.717, 1.165) is 16.9 Å². The van der Waals surface area contributed by atoms with Crippen LogP contribution in [0.2, 0.25) is 0 Å². The Bertz CT molecular complexity index is 1180. The third-order valence-corrected chi connectivity index (χ3v) is 4.60. The number of nitrogens with zero attached hydrogens (tertiary/aromatic N) is 3. The number of anilines is 1. The number of carbonyl (C=O) groups excluding carboxylic acids is 2. The smallest absolute Gasteiger partial charge is 0.251 e. The molecular weight excluding hydrogens is 382 g/mol. The molecular formula is C22H21N5O3. The number of rotatable bonds is 7. The van der Waals surface area contributed by atoms with E-state index in [0.29, 0.717) is 30.1 Å². The second-order valence-corrected chi connectivity index (χ2v) is 6.85. The van der Waals surface area contributed by atoms with Gasteiger partial charge < -0.3 is 19.7 Å². The summed E-state index contributed by atoms with van der Waals surface area (Å²) in [6.07, 6.45) is 0.490. The minimum atomic E-state index is -0.235. The van der Waals surface area contributed by atoms with Crippen molar-refractivity contribution in [1.82, 2.24) is 20.0 Å².